The molecule has 0 fully saturated rings. The summed E-state index contributed by atoms with van der Waals surface area (Å²) >= 11 is 0. The highest BCUT2D eigenvalue weighted by molar-refractivity contribution is 5.94. The van der Waals surface area contributed by atoms with Crippen LogP contribution in [0.25, 0.3) is 0 Å². The van der Waals surface area contributed by atoms with Gasteiger partial charge in [0.05, 0.1) is 12.5 Å². The number of nitrogens with two attached hydrogens (primary N) is 1. The van der Waals surface area contributed by atoms with Crippen molar-refractivity contribution >= 4 is 29.9 Å². The molecule has 0 spiro atoms. The first-order valence-electron chi connectivity index (χ1n) is 5.75. The fourth-order valence-corrected chi connectivity index (χ4v) is 1.29. The Morgan fingerprint density at radius 1 is 1.26 bits per heavy atom. The van der Waals surface area contributed by atoms with Gasteiger partial charge < -0.3 is 16.0 Å². The van der Waals surface area contributed by atoms with E-state index in [1.54, 1.807) is 38.1 Å². The number of carbonyl (C=O) groups is 2. The molecule has 0 unspecified atom stereocenters. The van der Waals surface area contributed by atoms with E-state index in [1.807, 2.05) is 12.1 Å². The van der Waals surface area contributed by atoms with Crippen LogP contribution < -0.4 is 11.1 Å². The number of anilines is 1. The van der Waals surface area contributed by atoms with Gasteiger partial charge >= 0.3 is 0 Å². The van der Waals surface area contributed by atoms with Crippen molar-refractivity contribution < 1.29 is 9.59 Å². The Morgan fingerprint density at radius 2 is 1.79 bits per heavy atom. The molecule has 0 aliphatic heterocycles. The van der Waals surface area contributed by atoms with Crippen LogP contribution in [0.4, 0.5) is 5.69 Å². The van der Waals surface area contributed by atoms with E-state index in [2.05, 4.69) is 5.32 Å². The number of benzene rings is 1. The molecule has 3 N–H and O–H groups in total. The van der Waals surface area contributed by atoms with Crippen molar-refractivity contribution in [2.24, 2.45) is 5.73 Å². The van der Waals surface area contributed by atoms with Crippen LogP contribution in [0.2, 0.25) is 0 Å². The third kappa shape index (κ3) is 5.72. The summed E-state index contributed by atoms with van der Waals surface area (Å²) in [5.41, 5.74) is 7.04. The number of carbonyl (C=O) groups excluding carboxylic acids is 2. The minimum Gasteiger partial charge on any atom is -0.349 e. The first-order chi connectivity index (χ1) is 8.40. The van der Waals surface area contributed by atoms with Gasteiger partial charge in [0.25, 0.3) is 0 Å². The van der Waals surface area contributed by atoms with E-state index in [4.69, 9.17) is 5.73 Å². The Labute approximate surface area is 119 Å². The molecule has 1 aromatic rings. The van der Waals surface area contributed by atoms with Crippen molar-refractivity contribution in [3.05, 3.63) is 29.8 Å². The second kappa shape index (κ2) is 7.76. The molecule has 0 bridgehead atoms. The Hall–Kier alpha value is -1.59. The zero-order valence-corrected chi connectivity index (χ0v) is 12.2. The summed E-state index contributed by atoms with van der Waals surface area (Å²) in [6, 6.07) is 6.62. The molecule has 0 radical (unpaired) electrons. The Balaban J connectivity index is 0.00000324. The van der Waals surface area contributed by atoms with E-state index in [9.17, 15) is 9.59 Å². The van der Waals surface area contributed by atoms with Gasteiger partial charge in [0, 0.05) is 19.8 Å². The van der Waals surface area contributed by atoms with Crippen LogP contribution in [0.5, 0.6) is 0 Å². The second-order valence-corrected chi connectivity index (χ2v) is 4.44. The van der Waals surface area contributed by atoms with Gasteiger partial charge in [-0.3, -0.25) is 9.59 Å². The molecular weight excluding hydrogens is 266 g/mol. The molecule has 1 rings (SSSR count). The van der Waals surface area contributed by atoms with Crippen molar-refractivity contribution in [2.45, 2.75) is 19.4 Å². The minimum atomic E-state index is -0.542. The average Bonchev–Trinajstić information content (AvgIpc) is 2.31. The van der Waals surface area contributed by atoms with Crippen LogP contribution >= 0.6 is 12.4 Å². The average molecular weight is 286 g/mol. The monoisotopic (exact) mass is 285 g/mol. The molecule has 19 heavy (non-hydrogen) atoms. The van der Waals surface area contributed by atoms with E-state index in [0.717, 1.165) is 5.56 Å². The maximum absolute atomic E-state index is 11.5. The highest BCUT2D eigenvalue weighted by Gasteiger charge is 2.08. The van der Waals surface area contributed by atoms with Gasteiger partial charge in [-0.15, -0.1) is 12.4 Å². The SMILES string of the molecule is C[C@H](N)C(=O)Nc1ccc(CC(=O)N(C)C)cc1.Cl. The van der Waals surface area contributed by atoms with E-state index < -0.39 is 6.04 Å². The molecule has 1 atom stereocenters. The van der Waals surface area contributed by atoms with Crippen LogP contribution in [0.15, 0.2) is 24.3 Å². The number of hydrogen-bond donors (Lipinski definition) is 2. The van der Waals surface area contributed by atoms with E-state index in [0.29, 0.717) is 12.1 Å². The molecule has 106 valence electrons. The fourth-order valence-electron chi connectivity index (χ4n) is 1.29. The standard InChI is InChI=1S/C13H19N3O2.ClH/c1-9(14)13(18)15-11-6-4-10(5-7-11)8-12(17)16(2)3;/h4-7,9H,8,14H2,1-3H3,(H,15,18);1H/t9-;/m0./s1. The van der Waals surface area contributed by atoms with Crippen LogP contribution in [0, 0.1) is 0 Å². The smallest absolute Gasteiger partial charge is 0.240 e. The molecule has 6 heteroatoms. The summed E-state index contributed by atoms with van der Waals surface area (Å²) in [7, 11) is 3.44. The third-order valence-corrected chi connectivity index (χ3v) is 2.49. The number of rotatable bonds is 4. The summed E-state index contributed by atoms with van der Waals surface area (Å²) in [6.07, 6.45) is 0.356. The maximum Gasteiger partial charge on any atom is 0.240 e. The molecule has 0 aliphatic carbocycles. The topological polar surface area (TPSA) is 75.4 Å². The first kappa shape index (κ1) is 17.4. The summed E-state index contributed by atoms with van der Waals surface area (Å²) in [4.78, 5) is 24.4. The quantitative estimate of drug-likeness (QED) is 0.867. The summed E-state index contributed by atoms with van der Waals surface area (Å²) in [5, 5.41) is 2.69. The van der Waals surface area contributed by atoms with Crippen molar-refractivity contribution in [3.8, 4) is 0 Å². The summed E-state index contributed by atoms with van der Waals surface area (Å²) in [6.45, 7) is 1.62. The van der Waals surface area contributed by atoms with Gasteiger partial charge in [0.2, 0.25) is 11.8 Å². The Morgan fingerprint density at radius 3 is 2.21 bits per heavy atom. The fraction of sp³-hybridized carbons (Fsp3) is 0.385. The van der Waals surface area contributed by atoms with Crippen LogP contribution in [0.3, 0.4) is 0 Å². The number of nitrogens with zero attached hydrogens (tertiary/aromatic N) is 1. The lowest BCUT2D eigenvalue weighted by Gasteiger charge is -2.11. The van der Waals surface area contributed by atoms with Gasteiger partial charge in [0.15, 0.2) is 0 Å². The first-order valence-corrected chi connectivity index (χ1v) is 5.75. The highest BCUT2D eigenvalue weighted by Crippen LogP contribution is 2.10. The predicted octanol–water partition coefficient (Wildman–Crippen LogP) is 1.02. The Bertz CT molecular complexity index is 389. The van der Waals surface area contributed by atoms with Crippen LogP contribution in [-0.2, 0) is 16.0 Å². The van der Waals surface area contributed by atoms with E-state index >= 15 is 0 Å². The molecular formula is C13H20ClN3O2. The third-order valence-electron chi connectivity index (χ3n) is 2.49. The highest BCUT2D eigenvalue weighted by atomic mass is 35.5. The normalized spacial score (nSPS) is 11.2. The molecule has 0 saturated heterocycles. The lowest BCUT2D eigenvalue weighted by Crippen LogP contribution is -2.32. The second-order valence-electron chi connectivity index (χ2n) is 4.44. The molecule has 0 saturated carbocycles. The zero-order valence-electron chi connectivity index (χ0n) is 11.3. The van der Waals surface area contributed by atoms with E-state index in [1.165, 1.54) is 0 Å². The van der Waals surface area contributed by atoms with Gasteiger partial charge in [-0.25, -0.2) is 0 Å². The van der Waals surface area contributed by atoms with Crippen LogP contribution in [0.1, 0.15) is 12.5 Å². The van der Waals surface area contributed by atoms with Gasteiger partial charge in [-0.2, -0.15) is 0 Å². The number of halogens is 1. The summed E-state index contributed by atoms with van der Waals surface area (Å²) < 4.78 is 0. The lowest BCUT2D eigenvalue weighted by atomic mass is 10.1. The summed E-state index contributed by atoms with van der Waals surface area (Å²) in [5.74, 6) is -0.186. The molecule has 0 aliphatic rings. The molecule has 2 amide bonds. The van der Waals surface area contributed by atoms with E-state index in [-0.39, 0.29) is 24.2 Å². The maximum atomic E-state index is 11.5. The zero-order chi connectivity index (χ0) is 13.7. The number of likely N-dealkylation sites (N-methyl/N-ethyl adjacent to an activating group) is 1. The minimum absolute atomic E-state index is 0. The number of hydrogen-bond acceptors (Lipinski definition) is 3. The molecule has 0 heterocycles. The molecule has 1 aromatic carbocycles. The molecule has 5 nitrogen and oxygen atoms in total. The van der Waals surface area contributed by atoms with Gasteiger partial charge in [-0.05, 0) is 24.6 Å². The largest absolute Gasteiger partial charge is 0.349 e. The van der Waals surface area contributed by atoms with Crippen LogP contribution in [-0.4, -0.2) is 36.9 Å². The molecule has 0 aromatic heterocycles. The van der Waals surface area contributed by atoms with Crippen molar-refractivity contribution in [1.82, 2.24) is 4.90 Å². The predicted molar refractivity (Wildman–Crippen MR) is 78.4 cm³/mol. The van der Waals surface area contributed by atoms with Crippen molar-refractivity contribution in [3.63, 3.8) is 0 Å². The number of nitrogens with one attached hydrogen (secondary N) is 1. The lowest BCUT2D eigenvalue weighted by molar-refractivity contribution is -0.128. The van der Waals surface area contributed by atoms with Crippen molar-refractivity contribution in [2.75, 3.05) is 19.4 Å². The van der Waals surface area contributed by atoms with Gasteiger partial charge in [-0.1, -0.05) is 12.1 Å². The Kier molecular flexibility index (Phi) is 7.11. The number of amides is 2. The van der Waals surface area contributed by atoms with Crippen molar-refractivity contribution in [1.29, 1.82) is 0 Å². The van der Waals surface area contributed by atoms with Gasteiger partial charge in [0.1, 0.15) is 0 Å².